The Morgan fingerprint density at radius 3 is 0.689 bits per heavy atom. The van der Waals surface area contributed by atoms with Crippen molar-refractivity contribution >= 4 is 39.5 Å². The van der Waals surface area contributed by atoms with Crippen molar-refractivity contribution < 1.29 is 80.2 Å². The smallest absolute Gasteiger partial charge is 0.462 e. The highest BCUT2D eigenvalue weighted by molar-refractivity contribution is 7.47. The van der Waals surface area contributed by atoms with Gasteiger partial charge < -0.3 is 33.8 Å². The molecule has 0 saturated carbocycles. The Morgan fingerprint density at radius 2 is 0.466 bits per heavy atom. The third-order valence-electron chi connectivity index (χ3n) is 20.4. The minimum atomic E-state index is -4.96. The second-order valence-corrected chi connectivity index (χ2v) is 33.6. The van der Waals surface area contributed by atoms with Crippen LogP contribution in [0, 0.1) is 11.8 Å². The van der Waals surface area contributed by atoms with Crippen molar-refractivity contribution in [3.8, 4) is 0 Å². The zero-order valence-corrected chi connectivity index (χ0v) is 69.4. The SMILES string of the molecule is CCCCCCCCCCCCCC(=O)O[C@H](COC(=O)CCCCCCCCCC)COP(=O)(O)OC[C@H](O)COP(=O)(O)OC[C@@H](COC(=O)CCCCCCCCCCCCCCCCCCCCC(C)CC)OC(=O)CCCCCCCCCCCCCCCCCCCCC(C)CC. The van der Waals surface area contributed by atoms with Gasteiger partial charge in [0, 0.05) is 25.7 Å². The Labute approximate surface area is 632 Å². The Balaban J connectivity index is 5.15. The number of esters is 4. The predicted molar refractivity (Wildman–Crippen MR) is 423 cm³/mol. The van der Waals surface area contributed by atoms with Gasteiger partial charge in [0.15, 0.2) is 12.2 Å². The molecule has 0 aliphatic heterocycles. The van der Waals surface area contributed by atoms with Gasteiger partial charge in [-0.3, -0.25) is 37.3 Å². The number of phosphoric acid groups is 2. The molecular weight excluding hydrogens is 1340 g/mol. The molecule has 0 aliphatic rings. The van der Waals surface area contributed by atoms with E-state index < -0.39 is 97.5 Å². The van der Waals surface area contributed by atoms with Crippen LogP contribution < -0.4 is 0 Å². The number of ether oxygens (including phenoxy) is 4. The van der Waals surface area contributed by atoms with Crippen molar-refractivity contribution in [3.05, 3.63) is 0 Å². The predicted octanol–water partition coefficient (Wildman–Crippen LogP) is 25.5. The summed E-state index contributed by atoms with van der Waals surface area (Å²) >= 11 is 0. The fourth-order valence-electron chi connectivity index (χ4n) is 13.0. The Bertz CT molecular complexity index is 1980. The summed E-state index contributed by atoms with van der Waals surface area (Å²) in [6, 6.07) is 0. The first-order valence-corrected chi connectivity index (χ1v) is 46.6. The van der Waals surface area contributed by atoms with Crippen LogP contribution >= 0.6 is 15.6 Å². The number of rotatable bonds is 83. The number of carbonyl (C=O) groups is 4. The third kappa shape index (κ3) is 75.3. The number of phosphoric ester groups is 2. The van der Waals surface area contributed by atoms with E-state index >= 15 is 0 Å². The Morgan fingerprint density at radius 1 is 0.272 bits per heavy atom. The molecule has 0 aromatic rings. The van der Waals surface area contributed by atoms with Crippen molar-refractivity contribution in [3.63, 3.8) is 0 Å². The van der Waals surface area contributed by atoms with Gasteiger partial charge in [-0.1, -0.05) is 395 Å². The average Bonchev–Trinajstić information content (AvgIpc) is 0.983. The van der Waals surface area contributed by atoms with Crippen LogP contribution in [0.3, 0.4) is 0 Å². The van der Waals surface area contributed by atoms with E-state index in [1.807, 2.05) is 0 Å². The first-order valence-electron chi connectivity index (χ1n) is 43.6. The molecule has 0 aliphatic carbocycles. The van der Waals surface area contributed by atoms with E-state index in [0.717, 1.165) is 108 Å². The van der Waals surface area contributed by atoms with Crippen LogP contribution in [0.1, 0.15) is 446 Å². The van der Waals surface area contributed by atoms with Crippen molar-refractivity contribution in [1.82, 2.24) is 0 Å². The van der Waals surface area contributed by atoms with E-state index in [1.54, 1.807) is 0 Å². The first kappa shape index (κ1) is 101. The second-order valence-electron chi connectivity index (χ2n) is 30.7. The molecule has 7 atom stereocenters. The van der Waals surface area contributed by atoms with Gasteiger partial charge in [-0.25, -0.2) is 9.13 Å². The maximum atomic E-state index is 13.1. The highest BCUT2D eigenvalue weighted by Gasteiger charge is 2.30. The molecule has 612 valence electrons. The minimum absolute atomic E-state index is 0.107. The quantitative estimate of drug-likeness (QED) is 0.0222. The zero-order chi connectivity index (χ0) is 75.6. The second kappa shape index (κ2) is 75.5. The molecular formula is C84H164O17P2. The summed E-state index contributed by atoms with van der Waals surface area (Å²) in [6.07, 6.45) is 66.7. The first-order chi connectivity index (χ1) is 49.9. The van der Waals surface area contributed by atoms with Gasteiger partial charge in [-0.2, -0.15) is 0 Å². The molecule has 17 nitrogen and oxygen atoms in total. The number of aliphatic hydroxyl groups excluding tert-OH is 1. The number of hydrogen-bond donors (Lipinski definition) is 3. The van der Waals surface area contributed by atoms with E-state index in [0.29, 0.717) is 25.7 Å². The van der Waals surface area contributed by atoms with Crippen molar-refractivity contribution in [2.75, 3.05) is 39.6 Å². The topological polar surface area (TPSA) is 237 Å². The average molecular weight is 1510 g/mol. The van der Waals surface area contributed by atoms with Gasteiger partial charge >= 0.3 is 39.5 Å². The Kier molecular flexibility index (Phi) is 74.1. The van der Waals surface area contributed by atoms with Gasteiger partial charge in [0.25, 0.3) is 0 Å². The van der Waals surface area contributed by atoms with E-state index in [-0.39, 0.29) is 25.7 Å². The molecule has 0 spiro atoms. The van der Waals surface area contributed by atoms with Gasteiger partial charge in [0.05, 0.1) is 26.4 Å². The number of unbranched alkanes of at least 4 members (excludes halogenated alkanes) is 51. The fraction of sp³-hybridized carbons (Fsp3) is 0.952. The minimum Gasteiger partial charge on any atom is -0.462 e. The number of carbonyl (C=O) groups excluding carboxylic acids is 4. The summed E-state index contributed by atoms with van der Waals surface area (Å²) in [5.74, 6) is -0.364. The third-order valence-corrected chi connectivity index (χ3v) is 22.3. The molecule has 0 saturated heterocycles. The summed E-state index contributed by atoms with van der Waals surface area (Å²) < 4.78 is 68.7. The van der Waals surface area contributed by atoms with E-state index in [9.17, 15) is 43.2 Å². The molecule has 0 aromatic carbocycles. The van der Waals surface area contributed by atoms with Crippen molar-refractivity contribution in [2.24, 2.45) is 11.8 Å². The number of hydrogen-bond acceptors (Lipinski definition) is 15. The molecule has 19 heteroatoms. The monoisotopic (exact) mass is 1510 g/mol. The molecule has 0 bridgehead atoms. The largest absolute Gasteiger partial charge is 0.472 e. The summed E-state index contributed by atoms with van der Waals surface area (Å²) in [6.45, 7) is 9.75. The van der Waals surface area contributed by atoms with Crippen LogP contribution in [-0.2, 0) is 65.4 Å². The fourth-order valence-corrected chi connectivity index (χ4v) is 14.6. The standard InChI is InChI=1S/C84H164O17P2/c1-7-11-13-15-17-19-36-44-50-56-62-68-83(88)100-79(72-94-81(86)66-60-54-48-18-16-14-12-8-2)74-98-102(90,91)96-70-78(85)71-97-103(92,93)99-75-80(101-84(89)69-63-57-51-45-40-35-31-27-23-21-25-29-33-38-42-47-53-59-65-77(6)10-4)73-95-82(87)67-61-55-49-43-39-34-30-26-22-20-24-28-32-37-41-46-52-58-64-76(5)9-3/h76-80,85H,7-75H2,1-6H3,(H,90,91)(H,92,93)/t76?,77?,78-,79+,80+/m0/s1. The highest BCUT2D eigenvalue weighted by atomic mass is 31.2. The molecule has 0 rings (SSSR count). The molecule has 0 aromatic heterocycles. The van der Waals surface area contributed by atoms with E-state index in [4.69, 9.17) is 37.0 Å². The van der Waals surface area contributed by atoms with Crippen LogP contribution in [0.5, 0.6) is 0 Å². The summed E-state index contributed by atoms with van der Waals surface area (Å²) in [5, 5.41) is 10.6. The molecule has 3 N–H and O–H groups in total. The molecule has 0 heterocycles. The number of aliphatic hydroxyl groups is 1. The van der Waals surface area contributed by atoms with Crippen molar-refractivity contribution in [2.45, 2.75) is 464 Å². The van der Waals surface area contributed by atoms with Crippen LogP contribution in [0.15, 0.2) is 0 Å². The van der Waals surface area contributed by atoms with Crippen molar-refractivity contribution in [1.29, 1.82) is 0 Å². The maximum Gasteiger partial charge on any atom is 0.472 e. The molecule has 0 fully saturated rings. The van der Waals surface area contributed by atoms with E-state index in [2.05, 4.69) is 41.5 Å². The van der Waals surface area contributed by atoms with Crippen LogP contribution in [0.4, 0.5) is 0 Å². The lowest BCUT2D eigenvalue weighted by atomic mass is 9.99. The molecule has 103 heavy (non-hydrogen) atoms. The Hall–Kier alpha value is -1.94. The highest BCUT2D eigenvalue weighted by Crippen LogP contribution is 2.45. The molecule has 4 unspecified atom stereocenters. The van der Waals surface area contributed by atoms with E-state index in [1.165, 1.54) is 257 Å². The summed E-state index contributed by atoms with van der Waals surface area (Å²) in [7, 11) is -9.92. The lowest BCUT2D eigenvalue weighted by Crippen LogP contribution is -2.30. The molecule has 0 radical (unpaired) electrons. The zero-order valence-electron chi connectivity index (χ0n) is 67.6. The maximum absolute atomic E-state index is 13.1. The summed E-state index contributed by atoms with van der Waals surface area (Å²) in [5.41, 5.74) is 0. The normalized spacial score (nSPS) is 14.4. The lowest BCUT2D eigenvalue weighted by molar-refractivity contribution is -0.161. The van der Waals surface area contributed by atoms with Crippen LogP contribution in [0.25, 0.3) is 0 Å². The molecule has 0 amide bonds. The van der Waals surface area contributed by atoms with Gasteiger partial charge in [-0.15, -0.1) is 0 Å². The van der Waals surface area contributed by atoms with Gasteiger partial charge in [0.2, 0.25) is 0 Å². The van der Waals surface area contributed by atoms with Gasteiger partial charge in [0.1, 0.15) is 19.3 Å². The van der Waals surface area contributed by atoms with Crippen LogP contribution in [-0.4, -0.2) is 96.7 Å². The van der Waals surface area contributed by atoms with Gasteiger partial charge in [-0.05, 0) is 37.5 Å². The van der Waals surface area contributed by atoms with Crippen LogP contribution in [0.2, 0.25) is 0 Å². The lowest BCUT2D eigenvalue weighted by Gasteiger charge is -2.21. The summed E-state index contributed by atoms with van der Waals surface area (Å²) in [4.78, 5) is 72.9.